The molecule has 1 heterocycles. The Bertz CT molecular complexity index is 815. The van der Waals surface area contributed by atoms with Crippen molar-refractivity contribution in [1.29, 1.82) is 5.26 Å². The minimum atomic E-state index is 0.551. The van der Waals surface area contributed by atoms with Crippen molar-refractivity contribution in [3.05, 3.63) is 42.2 Å². The SMILES string of the molecule is N#Cc1ccc(N)c2c(N)c3cncc3cc2c1. The number of hydrogen-bond donors (Lipinski definition) is 2. The van der Waals surface area contributed by atoms with Crippen molar-refractivity contribution in [2.75, 3.05) is 11.5 Å². The zero-order chi connectivity index (χ0) is 12.7. The van der Waals surface area contributed by atoms with E-state index in [1.807, 2.05) is 6.07 Å². The minimum Gasteiger partial charge on any atom is -0.398 e. The van der Waals surface area contributed by atoms with Gasteiger partial charge in [-0.1, -0.05) is 0 Å². The van der Waals surface area contributed by atoms with Crippen LogP contribution in [0.4, 0.5) is 11.4 Å². The molecular formula is C14H10N4. The second-order valence-electron chi connectivity index (χ2n) is 4.16. The molecule has 0 spiro atoms. The number of nitrogens with two attached hydrogens (primary N) is 2. The van der Waals surface area contributed by atoms with Gasteiger partial charge in [0.2, 0.25) is 0 Å². The van der Waals surface area contributed by atoms with Gasteiger partial charge in [0.25, 0.3) is 0 Å². The Morgan fingerprint density at radius 3 is 2.67 bits per heavy atom. The highest BCUT2D eigenvalue weighted by atomic mass is 14.7. The van der Waals surface area contributed by atoms with E-state index >= 15 is 0 Å². The van der Waals surface area contributed by atoms with Crippen LogP contribution in [0.25, 0.3) is 21.5 Å². The van der Waals surface area contributed by atoms with Crippen molar-refractivity contribution in [2.45, 2.75) is 0 Å². The van der Waals surface area contributed by atoms with Crippen molar-refractivity contribution in [2.24, 2.45) is 0 Å². The zero-order valence-corrected chi connectivity index (χ0v) is 9.51. The maximum absolute atomic E-state index is 9.01. The molecule has 0 aliphatic heterocycles. The number of nitrogens with zero attached hydrogens (tertiary/aromatic N) is 2. The lowest BCUT2D eigenvalue weighted by atomic mass is 10.1. The molecule has 3 aromatic rings. The molecule has 4 N–H and O–H groups in total. The van der Waals surface area contributed by atoms with E-state index in [0.29, 0.717) is 16.9 Å². The third-order valence-corrected chi connectivity index (χ3v) is 3.06. The van der Waals surface area contributed by atoms with Gasteiger partial charge in [0.1, 0.15) is 0 Å². The molecule has 4 nitrogen and oxygen atoms in total. The molecule has 2 aromatic carbocycles. The molecule has 0 atom stereocenters. The fourth-order valence-electron chi connectivity index (χ4n) is 2.19. The van der Waals surface area contributed by atoms with E-state index in [1.54, 1.807) is 30.6 Å². The Labute approximate surface area is 103 Å². The molecule has 3 rings (SSSR count). The second-order valence-corrected chi connectivity index (χ2v) is 4.16. The summed E-state index contributed by atoms with van der Waals surface area (Å²) in [5.41, 5.74) is 13.9. The maximum atomic E-state index is 9.01. The topological polar surface area (TPSA) is 88.7 Å². The number of fused-ring (bicyclic) bond motifs is 2. The Hall–Kier alpha value is -2.80. The normalized spacial score (nSPS) is 10.6. The van der Waals surface area contributed by atoms with E-state index in [1.165, 1.54) is 0 Å². The van der Waals surface area contributed by atoms with Gasteiger partial charge in [-0.3, -0.25) is 4.98 Å². The van der Waals surface area contributed by atoms with Crippen molar-refractivity contribution >= 4 is 32.9 Å². The Balaban J connectivity index is 2.61. The van der Waals surface area contributed by atoms with E-state index in [0.717, 1.165) is 21.5 Å². The Kier molecular flexibility index (Phi) is 2.07. The molecule has 0 aliphatic rings. The predicted octanol–water partition coefficient (Wildman–Crippen LogP) is 2.42. The van der Waals surface area contributed by atoms with Crippen LogP contribution in [0.3, 0.4) is 0 Å². The average molecular weight is 234 g/mol. The van der Waals surface area contributed by atoms with Crippen LogP contribution in [0.2, 0.25) is 0 Å². The lowest BCUT2D eigenvalue weighted by Gasteiger charge is -2.03. The van der Waals surface area contributed by atoms with Gasteiger partial charge in [0.05, 0.1) is 17.3 Å². The van der Waals surface area contributed by atoms with Crippen molar-refractivity contribution in [3.63, 3.8) is 0 Å². The van der Waals surface area contributed by atoms with Gasteiger partial charge < -0.3 is 11.5 Å². The molecule has 0 fully saturated rings. The Morgan fingerprint density at radius 2 is 1.89 bits per heavy atom. The van der Waals surface area contributed by atoms with Gasteiger partial charge in [0, 0.05) is 34.2 Å². The highest BCUT2D eigenvalue weighted by Crippen LogP contribution is 2.33. The summed E-state index contributed by atoms with van der Waals surface area (Å²) in [6.45, 7) is 0. The van der Waals surface area contributed by atoms with Crippen LogP contribution in [-0.2, 0) is 0 Å². The molecular weight excluding hydrogens is 224 g/mol. The largest absolute Gasteiger partial charge is 0.398 e. The lowest BCUT2D eigenvalue weighted by molar-refractivity contribution is 1.43. The van der Waals surface area contributed by atoms with E-state index in [9.17, 15) is 0 Å². The summed E-state index contributed by atoms with van der Waals surface area (Å²) in [6, 6.07) is 9.25. The fourth-order valence-corrected chi connectivity index (χ4v) is 2.19. The van der Waals surface area contributed by atoms with Crippen molar-refractivity contribution in [1.82, 2.24) is 4.98 Å². The average Bonchev–Trinajstić information content (AvgIpc) is 2.76. The first kappa shape index (κ1) is 10.4. The standard InChI is InChI=1S/C14H10N4/c15-5-8-1-2-12(16)13-9(3-8)4-10-6-18-7-11(10)14(13)17/h1-4,6-7H,16-17H2. The summed E-state index contributed by atoms with van der Waals surface area (Å²) in [6.07, 6.45) is 3.47. The van der Waals surface area contributed by atoms with Crippen LogP contribution in [-0.4, -0.2) is 4.98 Å². The summed E-state index contributed by atoms with van der Waals surface area (Å²) in [7, 11) is 0. The number of aromatic nitrogens is 1. The molecule has 4 heteroatoms. The first-order valence-corrected chi connectivity index (χ1v) is 5.46. The molecule has 1 aromatic heterocycles. The molecule has 86 valence electrons. The lowest BCUT2D eigenvalue weighted by Crippen LogP contribution is -1.91. The van der Waals surface area contributed by atoms with Crippen LogP contribution >= 0.6 is 0 Å². The number of rotatable bonds is 0. The third kappa shape index (κ3) is 1.35. The fraction of sp³-hybridized carbons (Fsp3) is 0. The zero-order valence-electron chi connectivity index (χ0n) is 9.51. The minimum absolute atomic E-state index is 0.551. The molecule has 0 saturated carbocycles. The highest BCUT2D eigenvalue weighted by Gasteiger charge is 2.08. The summed E-state index contributed by atoms with van der Waals surface area (Å²) in [5.74, 6) is 0. The number of anilines is 2. The quantitative estimate of drug-likeness (QED) is 0.584. The Morgan fingerprint density at radius 1 is 1.06 bits per heavy atom. The third-order valence-electron chi connectivity index (χ3n) is 3.06. The summed E-state index contributed by atoms with van der Waals surface area (Å²) >= 11 is 0. The van der Waals surface area contributed by atoms with Gasteiger partial charge >= 0.3 is 0 Å². The van der Waals surface area contributed by atoms with Gasteiger partial charge in [0.15, 0.2) is 0 Å². The number of nitrogen functional groups attached to an aromatic ring is 2. The monoisotopic (exact) mass is 234 g/mol. The van der Waals surface area contributed by atoms with E-state index < -0.39 is 0 Å². The second kappa shape index (κ2) is 3.60. The van der Waals surface area contributed by atoms with Gasteiger partial charge in [-0.15, -0.1) is 0 Å². The van der Waals surface area contributed by atoms with Gasteiger partial charge in [-0.05, 0) is 29.7 Å². The molecule has 18 heavy (non-hydrogen) atoms. The molecule has 0 saturated heterocycles. The van der Waals surface area contributed by atoms with Crippen LogP contribution in [0.1, 0.15) is 5.56 Å². The van der Waals surface area contributed by atoms with E-state index in [4.69, 9.17) is 16.7 Å². The van der Waals surface area contributed by atoms with Crippen LogP contribution in [0.15, 0.2) is 36.7 Å². The summed E-state index contributed by atoms with van der Waals surface area (Å²) in [5, 5.41) is 12.5. The first-order chi connectivity index (χ1) is 8.70. The first-order valence-electron chi connectivity index (χ1n) is 5.46. The highest BCUT2D eigenvalue weighted by molar-refractivity contribution is 6.14. The number of hydrogen-bond acceptors (Lipinski definition) is 4. The van der Waals surface area contributed by atoms with Crippen LogP contribution in [0, 0.1) is 11.3 Å². The van der Waals surface area contributed by atoms with Crippen LogP contribution in [0.5, 0.6) is 0 Å². The van der Waals surface area contributed by atoms with Crippen molar-refractivity contribution < 1.29 is 0 Å². The summed E-state index contributed by atoms with van der Waals surface area (Å²) in [4.78, 5) is 4.09. The van der Waals surface area contributed by atoms with Crippen LogP contribution < -0.4 is 11.5 Å². The molecule has 0 unspecified atom stereocenters. The summed E-state index contributed by atoms with van der Waals surface area (Å²) < 4.78 is 0. The molecule has 0 bridgehead atoms. The smallest absolute Gasteiger partial charge is 0.0991 e. The number of benzene rings is 1. The van der Waals surface area contributed by atoms with Gasteiger partial charge in [-0.25, -0.2) is 0 Å². The maximum Gasteiger partial charge on any atom is 0.0991 e. The predicted molar refractivity (Wildman–Crippen MR) is 72.8 cm³/mol. The number of nitriles is 1. The van der Waals surface area contributed by atoms with Gasteiger partial charge in [-0.2, -0.15) is 5.26 Å². The molecule has 0 amide bonds. The van der Waals surface area contributed by atoms with Crippen molar-refractivity contribution in [3.8, 4) is 6.07 Å². The van der Waals surface area contributed by atoms with E-state index in [-0.39, 0.29) is 0 Å². The molecule has 0 aliphatic carbocycles. The molecule has 0 radical (unpaired) electrons. The van der Waals surface area contributed by atoms with E-state index in [2.05, 4.69) is 11.1 Å².